The van der Waals surface area contributed by atoms with Gasteiger partial charge in [-0.3, -0.25) is 9.69 Å². The Morgan fingerprint density at radius 1 is 1.35 bits per heavy atom. The summed E-state index contributed by atoms with van der Waals surface area (Å²) in [5, 5.41) is 5.40. The predicted molar refractivity (Wildman–Crippen MR) is 81.9 cm³/mol. The number of ether oxygens (including phenoxy) is 1. The van der Waals surface area contributed by atoms with Gasteiger partial charge in [0, 0.05) is 19.3 Å². The van der Waals surface area contributed by atoms with Crippen LogP contribution in [0.2, 0.25) is 0 Å². The SMILES string of the molecule is CN1CC(C(=O)NCc2ccc(N3CCOC3=O)cc2)NC1=O. The first-order valence-electron chi connectivity index (χ1n) is 7.37. The van der Waals surface area contributed by atoms with Gasteiger partial charge in [-0.1, -0.05) is 12.1 Å². The molecule has 1 unspecified atom stereocenters. The van der Waals surface area contributed by atoms with E-state index in [4.69, 9.17) is 4.74 Å². The Kier molecular flexibility index (Phi) is 4.05. The molecule has 1 aromatic rings. The van der Waals surface area contributed by atoms with Gasteiger partial charge in [-0.15, -0.1) is 0 Å². The number of cyclic esters (lactones) is 1. The summed E-state index contributed by atoms with van der Waals surface area (Å²) in [5.74, 6) is -0.213. The normalized spacial score (nSPS) is 20.5. The van der Waals surface area contributed by atoms with Crippen molar-refractivity contribution in [3.8, 4) is 0 Å². The van der Waals surface area contributed by atoms with Gasteiger partial charge >= 0.3 is 12.1 Å². The van der Waals surface area contributed by atoms with Crippen molar-refractivity contribution in [2.45, 2.75) is 12.6 Å². The van der Waals surface area contributed by atoms with E-state index < -0.39 is 6.04 Å². The van der Waals surface area contributed by atoms with Crippen molar-refractivity contribution in [1.82, 2.24) is 15.5 Å². The molecule has 2 fully saturated rings. The van der Waals surface area contributed by atoms with Gasteiger partial charge in [0.15, 0.2) is 0 Å². The number of urea groups is 1. The number of nitrogens with one attached hydrogen (secondary N) is 2. The molecular weight excluding hydrogens is 300 g/mol. The van der Waals surface area contributed by atoms with Crippen molar-refractivity contribution in [1.29, 1.82) is 0 Å². The molecule has 0 radical (unpaired) electrons. The van der Waals surface area contributed by atoms with Crippen LogP contribution in [0.5, 0.6) is 0 Å². The smallest absolute Gasteiger partial charge is 0.414 e. The fourth-order valence-electron chi connectivity index (χ4n) is 2.54. The topological polar surface area (TPSA) is 91.0 Å². The fraction of sp³-hybridized carbons (Fsp3) is 0.400. The highest BCUT2D eigenvalue weighted by Crippen LogP contribution is 2.19. The summed E-state index contributed by atoms with van der Waals surface area (Å²) in [6.45, 7) is 1.67. The maximum atomic E-state index is 12.0. The Morgan fingerprint density at radius 2 is 2.09 bits per heavy atom. The molecule has 2 heterocycles. The van der Waals surface area contributed by atoms with E-state index in [2.05, 4.69) is 10.6 Å². The van der Waals surface area contributed by atoms with E-state index in [9.17, 15) is 14.4 Å². The van der Waals surface area contributed by atoms with E-state index in [1.54, 1.807) is 11.9 Å². The van der Waals surface area contributed by atoms with Crippen LogP contribution in [-0.2, 0) is 16.1 Å². The maximum Gasteiger partial charge on any atom is 0.414 e. The van der Waals surface area contributed by atoms with Crippen LogP contribution in [0.15, 0.2) is 24.3 Å². The summed E-state index contributed by atoms with van der Waals surface area (Å²) < 4.78 is 4.89. The summed E-state index contributed by atoms with van der Waals surface area (Å²) in [5.41, 5.74) is 1.68. The van der Waals surface area contributed by atoms with Crippen LogP contribution in [0, 0.1) is 0 Å². The second-order valence-corrected chi connectivity index (χ2v) is 5.53. The number of likely N-dealkylation sites (N-methyl/N-ethyl adjacent to an activating group) is 1. The molecule has 0 aromatic heterocycles. The third-order valence-electron chi connectivity index (χ3n) is 3.89. The minimum Gasteiger partial charge on any atom is -0.447 e. The molecule has 4 amide bonds. The molecule has 3 rings (SSSR count). The van der Waals surface area contributed by atoms with Crippen molar-refractivity contribution < 1.29 is 19.1 Å². The number of carbonyl (C=O) groups is 3. The summed E-state index contributed by atoms with van der Waals surface area (Å²) in [6, 6.07) is 6.57. The van der Waals surface area contributed by atoms with Crippen molar-refractivity contribution in [2.75, 3.05) is 31.6 Å². The van der Waals surface area contributed by atoms with E-state index in [0.717, 1.165) is 11.3 Å². The van der Waals surface area contributed by atoms with Crippen LogP contribution >= 0.6 is 0 Å². The van der Waals surface area contributed by atoms with Crippen molar-refractivity contribution in [2.24, 2.45) is 0 Å². The number of carbonyl (C=O) groups excluding carboxylic acids is 3. The van der Waals surface area contributed by atoms with Crippen molar-refractivity contribution in [3.05, 3.63) is 29.8 Å². The van der Waals surface area contributed by atoms with Crippen LogP contribution in [0.3, 0.4) is 0 Å². The summed E-state index contributed by atoms with van der Waals surface area (Å²) >= 11 is 0. The van der Waals surface area contributed by atoms with Gasteiger partial charge in [-0.05, 0) is 17.7 Å². The second kappa shape index (κ2) is 6.15. The van der Waals surface area contributed by atoms with E-state index in [-0.39, 0.29) is 18.0 Å². The van der Waals surface area contributed by atoms with E-state index >= 15 is 0 Å². The lowest BCUT2D eigenvalue weighted by atomic mass is 10.2. The first-order valence-corrected chi connectivity index (χ1v) is 7.37. The zero-order valence-electron chi connectivity index (χ0n) is 12.7. The van der Waals surface area contributed by atoms with Crippen LogP contribution in [0.1, 0.15) is 5.56 Å². The fourth-order valence-corrected chi connectivity index (χ4v) is 2.54. The highest BCUT2D eigenvalue weighted by atomic mass is 16.6. The van der Waals surface area contributed by atoms with Crippen LogP contribution < -0.4 is 15.5 Å². The number of amides is 4. The summed E-state index contributed by atoms with van der Waals surface area (Å²) in [4.78, 5) is 37.9. The zero-order chi connectivity index (χ0) is 16.4. The monoisotopic (exact) mass is 318 g/mol. The van der Waals surface area contributed by atoms with E-state index in [1.807, 2.05) is 24.3 Å². The van der Waals surface area contributed by atoms with Gasteiger partial charge in [0.2, 0.25) is 5.91 Å². The quantitative estimate of drug-likeness (QED) is 0.834. The Balaban J connectivity index is 1.53. The predicted octanol–water partition coefficient (Wildman–Crippen LogP) is 0.283. The number of anilines is 1. The maximum absolute atomic E-state index is 12.0. The molecule has 122 valence electrons. The number of rotatable bonds is 4. The molecule has 8 heteroatoms. The first-order chi connectivity index (χ1) is 11.0. The number of hydrogen-bond donors (Lipinski definition) is 2. The Hall–Kier alpha value is -2.77. The zero-order valence-corrected chi connectivity index (χ0v) is 12.7. The highest BCUT2D eigenvalue weighted by molar-refractivity contribution is 5.90. The molecular formula is C15H18N4O4. The van der Waals surface area contributed by atoms with Gasteiger partial charge < -0.3 is 20.3 Å². The van der Waals surface area contributed by atoms with Gasteiger partial charge in [0.1, 0.15) is 12.6 Å². The lowest BCUT2D eigenvalue weighted by molar-refractivity contribution is -0.122. The van der Waals surface area contributed by atoms with E-state index in [1.165, 1.54) is 4.90 Å². The lowest BCUT2D eigenvalue weighted by Crippen LogP contribution is -2.42. The first kappa shape index (κ1) is 15.1. The van der Waals surface area contributed by atoms with Crippen LogP contribution in [0.4, 0.5) is 15.3 Å². The Bertz CT molecular complexity index is 631. The number of nitrogens with zero attached hydrogens (tertiary/aromatic N) is 2. The minimum atomic E-state index is -0.522. The summed E-state index contributed by atoms with van der Waals surface area (Å²) in [6.07, 6.45) is -0.341. The molecule has 2 aliphatic rings. The lowest BCUT2D eigenvalue weighted by Gasteiger charge is -2.14. The van der Waals surface area contributed by atoms with Gasteiger partial charge in [-0.2, -0.15) is 0 Å². The number of hydrogen-bond acceptors (Lipinski definition) is 4. The van der Waals surface area contributed by atoms with Gasteiger partial charge in [0.25, 0.3) is 0 Å². The van der Waals surface area contributed by atoms with Gasteiger partial charge in [-0.25, -0.2) is 9.59 Å². The number of benzene rings is 1. The standard InChI is InChI=1S/C15H18N4O4/c1-18-9-12(17-14(18)21)13(20)16-8-10-2-4-11(5-3-10)19-6-7-23-15(19)22/h2-5,12H,6-9H2,1H3,(H,16,20)(H,17,21). The highest BCUT2D eigenvalue weighted by Gasteiger charge is 2.30. The molecule has 1 atom stereocenters. The second-order valence-electron chi connectivity index (χ2n) is 5.53. The average molecular weight is 318 g/mol. The molecule has 0 bridgehead atoms. The summed E-state index contributed by atoms with van der Waals surface area (Å²) in [7, 11) is 1.64. The van der Waals surface area contributed by atoms with Crippen molar-refractivity contribution >= 4 is 23.7 Å². The average Bonchev–Trinajstić information content (AvgIpc) is 3.12. The molecule has 0 aliphatic carbocycles. The molecule has 8 nitrogen and oxygen atoms in total. The third kappa shape index (κ3) is 3.20. The largest absolute Gasteiger partial charge is 0.447 e. The van der Waals surface area contributed by atoms with Crippen molar-refractivity contribution in [3.63, 3.8) is 0 Å². The minimum absolute atomic E-state index is 0.213. The molecule has 2 saturated heterocycles. The molecule has 0 saturated carbocycles. The molecule has 1 aromatic carbocycles. The van der Waals surface area contributed by atoms with Crippen LogP contribution in [0.25, 0.3) is 0 Å². The van der Waals surface area contributed by atoms with E-state index in [0.29, 0.717) is 26.2 Å². The third-order valence-corrected chi connectivity index (χ3v) is 3.89. The van der Waals surface area contributed by atoms with Crippen LogP contribution in [-0.4, -0.2) is 55.7 Å². The van der Waals surface area contributed by atoms with Gasteiger partial charge in [0.05, 0.1) is 13.1 Å². The molecule has 23 heavy (non-hydrogen) atoms. The molecule has 2 N–H and O–H groups in total. The Morgan fingerprint density at radius 3 is 2.65 bits per heavy atom. The Labute approximate surface area is 133 Å². The molecule has 2 aliphatic heterocycles. The molecule has 0 spiro atoms.